The first-order chi connectivity index (χ1) is 9.97. The third-order valence-corrected chi connectivity index (χ3v) is 4.41. The first-order valence-corrected chi connectivity index (χ1v) is 7.89. The SMILES string of the molecule is CCc1nn(C)cc1CNS(=O)(=O)c1cccnc1NN. The van der Waals surface area contributed by atoms with Gasteiger partial charge in [0.15, 0.2) is 5.82 Å². The van der Waals surface area contributed by atoms with E-state index in [0.717, 1.165) is 17.7 Å². The van der Waals surface area contributed by atoms with Crippen molar-refractivity contribution in [2.24, 2.45) is 12.9 Å². The number of anilines is 1. The summed E-state index contributed by atoms with van der Waals surface area (Å²) in [6.07, 6.45) is 4.00. The number of aryl methyl sites for hydroxylation is 2. The minimum Gasteiger partial charge on any atom is -0.307 e. The molecular weight excluding hydrogens is 292 g/mol. The maximum Gasteiger partial charge on any atom is 0.244 e. The van der Waals surface area contributed by atoms with E-state index in [1.54, 1.807) is 17.9 Å². The van der Waals surface area contributed by atoms with Crippen molar-refractivity contribution in [3.05, 3.63) is 35.8 Å². The van der Waals surface area contributed by atoms with Crippen molar-refractivity contribution < 1.29 is 8.42 Å². The molecule has 0 aromatic carbocycles. The molecule has 0 saturated heterocycles. The Kier molecular flexibility index (Phi) is 4.56. The molecule has 9 heteroatoms. The zero-order chi connectivity index (χ0) is 15.5. The van der Waals surface area contributed by atoms with Crippen LogP contribution in [0.15, 0.2) is 29.4 Å². The topological polar surface area (TPSA) is 115 Å². The van der Waals surface area contributed by atoms with Crippen LogP contribution in [-0.4, -0.2) is 23.2 Å². The number of rotatable bonds is 6. The fraction of sp³-hybridized carbons (Fsp3) is 0.333. The van der Waals surface area contributed by atoms with Gasteiger partial charge in [-0.1, -0.05) is 6.92 Å². The number of aromatic nitrogens is 3. The van der Waals surface area contributed by atoms with Crippen LogP contribution in [0, 0.1) is 0 Å². The normalized spacial score (nSPS) is 11.6. The summed E-state index contributed by atoms with van der Waals surface area (Å²) in [7, 11) is -1.91. The number of hydrogen-bond donors (Lipinski definition) is 3. The lowest BCUT2D eigenvalue weighted by Gasteiger charge is -2.09. The highest BCUT2D eigenvalue weighted by Gasteiger charge is 2.19. The van der Waals surface area contributed by atoms with Gasteiger partial charge in [0.1, 0.15) is 4.90 Å². The standard InChI is InChI=1S/C12H18N6O2S/c1-3-10-9(8-18(2)17-10)7-15-21(19,20)11-5-4-6-14-12(11)16-13/h4-6,8,15H,3,7,13H2,1-2H3,(H,14,16). The van der Waals surface area contributed by atoms with Crippen LogP contribution in [0.4, 0.5) is 5.82 Å². The third-order valence-electron chi connectivity index (χ3n) is 2.98. The Morgan fingerprint density at radius 1 is 1.43 bits per heavy atom. The predicted octanol–water partition coefficient (Wildman–Crippen LogP) is 0.142. The van der Waals surface area contributed by atoms with E-state index < -0.39 is 10.0 Å². The highest BCUT2D eigenvalue weighted by atomic mass is 32.2. The number of nitrogens with one attached hydrogen (secondary N) is 2. The van der Waals surface area contributed by atoms with E-state index in [9.17, 15) is 8.42 Å². The largest absolute Gasteiger partial charge is 0.307 e. The smallest absolute Gasteiger partial charge is 0.244 e. The molecule has 0 atom stereocenters. The number of nitrogens with two attached hydrogens (primary N) is 1. The molecule has 0 aliphatic heterocycles. The second-order valence-electron chi connectivity index (χ2n) is 4.45. The van der Waals surface area contributed by atoms with E-state index in [1.807, 2.05) is 6.92 Å². The number of sulfonamides is 1. The van der Waals surface area contributed by atoms with Gasteiger partial charge in [-0.3, -0.25) is 4.68 Å². The van der Waals surface area contributed by atoms with E-state index in [1.165, 1.54) is 18.3 Å². The second kappa shape index (κ2) is 6.20. The molecule has 2 heterocycles. The highest BCUT2D eigenvalue weighted by Crippen LogP contribution is 2.17. The first kappa shape index (κ1) is 15.4. The predicted molar refractivity (Wildman–Crippen MR) is 78.7 cm³/mol. The molecule has 2 aromatic rings. The number of hydrogen-bond acceptors (Lipinski definition) is 6. The van der Waals surface area contributed by atoms with Crippen LogP contribution in [0.5, 0.6) is 0 Å². The first-order valence-electron chi connectivity index (χ1n) is 6.40. The quantitative estimate of drug-likeness (QED) is 0.516. The van der Waals surface area contributed by atoms with Crippen LogP contribution in [0.1, 0.15) is 18.2 Å². The molecule has 0 unspecified atom stereocenters. The molecule has 2 rings (SSSR count). The molecule has 0 bridgehead atoms. The molecule has 0 saturated carbocycles. The zero-order valence-electron chi connectivity index (χ0n) is 11.9. The van der Waals surface area contributed by atoms with Gasteiger partial charge >= 0.3 is 0 Å². The lowest BCUT2D eigenvalue weighted by atomic mass is 10.2. The molecule has 0 aliphatic rings. The lowest BCUT2D eigenvalue weighted by molar-refractivity contribution is 0.581. The number of nitrogens with zero attached hydrogens (tertiary/aromatic N) is 3. The van der Waals surface area contributed by atoms with Crippen molar-refractivity contribution in [3.63, 3.8) is 0 Å². The molecule has 0 fully saturated rings. The molecule has 0 radical (unpaired) electrons. The Balaban J connectivity index is 2.22. The summed E-state index contributed by atoms with van der Waals surface area (Å²) in [5.41, 5.74) is 3.99. The van der Waals surface area contributed by atoms with Crippen molar-refractivity contribution in [3.8, 4) is 0 Å². The molecule has 0 spiro atoms. The molecular formula is C12H18N6O2S. The zero-order valence-corrected chi connectivity index (χ0v) is 12.7. The van der Waals surface area contributed by atoms with Gasteiger partial charge in [0.05, 0.1) is 5.69 Å². The molecule has 4 N–H and O–H groups in total. The van der Waals surface area contributed by atoms with Gasteiger partial charge < -0.3 is 5.43 Å². The number of hydrazine groups is 1. The van der Waals surface area contributed by atoms with Crippen LogP contribution in [-0.2, 0) is 30.0 Å². The minimum atomic E-state index is -3.71. The van der Waals surface area contributed by atoms with E-state index in [2.05, 4.69) is 20.2 Å². The summed E-state index contributed by atoms with van der Waals surface area (Å²) in [6.45, 7) is 2.14. The van der Waals surface area contributed by atoms with Crippen LogP contribution >= 0.6 is 0 Å². The molecule has 8 nitrogen and oxygen atoms in total. The van der Waals surface area contributed by atoms with Gasteiger partial charge in [-0.2, -0.15) is 5.10 Å². The van der Waals surface area contributed by atoms with Crippen LogP contribution < -0.4 is 16.0 Å². The Bertz CT molecular complexity index is 725. The highest BCUT2D eigenvalue weighted by molar-refractivity contribution is 7.89. The Morgan fingerprint density at radius 2 is 2.19 bits per heavy atom. The summed E-state index contributed by atoms with van der Waals surface area (Å²) in [5, 5.41) is 4.27. The lowest BCUT2D eigenvalue weighted by Crippen LogP contribution is -2.25. The minimum absolute atomic E-state index is 0.00874. The van der Waals surface area contributed by atoms with E-state index >= 15 is 0 Å². The van der Waals surface area contributed by atoms with Crippen LogP contribution in [0.3, 0.4) is 0 Å². The Labute approximate surface area is 123 Å². The van der Waals surface area contributed by atoms with Crippen molar-refractivity contribution in [2.45, 2.75) is 24.8 Å². The number of nitrogen functional groups attached to an aromatic ring is 1. The van der Waals surface area contributed by atoms with Gasteiger partial charge in [-0.25, -0.2) is 24.0 Å². The number of pyridine rings is 1. The van der Waals surface area contributed by atoms with Gasteiger partial charge in [-0.15, -0.1) is 0 Å². The van der Waals surface area contributed by atoms with Crippen molar-refractivity contribution in [1.29, 1.82) is 0 Å². The second-order valence-corrected chi connectivity index (χ2v) is 6.18. The maximum atomic E-state index is 12.3. The van der Waals surface area contributed by atoms with E-state index in [0.29, 0.717) is 0 Å². The molecule has 2 aromatic heterocycles. The maximum absolute atomic E-state index is 12.3. The van der Waals surface area contributed by atoms with E-state index in [4.69, 9.17) is 5.84 Å². The van der Waals surface area contributed by atoms with Gasteiger partial charge in [0.25, 0.3) is 0 Å². The Morgan fingerprint density at radius 3 is 2.86 bits per heavy atom. The molecule has 0 aliphatic carbocycles. The van der Waals surface area contributed by atoms with Crippen molar-refractivity contribution >= 4 is 15.8 Å². The van der Waals surface area contributed by atoms with E-state index in [-0.39, 0.29) is 17.3 Å². The van der Waals surface area contributed by atoms with Gasteiger partial charge in [0.2, 0.25) is 10.0 Å². The monoisotopic (exact) mass is 310 g/mol. The average molecular weight is 310 g/mol. The summed E-state index contributed by atoms with van der Waals surface area (Å²) in [5.74, 6) is 5.39. The van der Waals surface area contributed by atoms with Crippen LogP contribution in [0.25, 0.3) is 0 Å². The van der Waals surface area contributed by atoms with Crippen LogP contribution in [0.2, 0.25) is 0 Å². The fourth-order valence-electron chi connectivity index (χ4n) is 2.00. The Hall–Kier alpha value is -1.97. The average Bonchev–Trinajstić information content (AvgIpc) is 2.85. The fourth-order valence-corrected chi connectivity index (χ4v) is 3.12. The summed E-state index contributed by atoms with van der Waals surface area (Å²) in [6, 6.07) is 2.98. The summed E-state index contributed by atoms with van der Waals surface area (Å²) >= 11 is 0. The summed E-state index contributed by atoms with van der Waals surface area (Å²) in [4.78, 5) is 3.89. The molecule has 21 heavy (non-hydrogen) atoms. The van der Waals surface area contributed by atoms with Gasteiger partial charge in [-0.05, 0) is 18.6 Å². The van der Waals surface area contributed by atoms with Gasteiger partial charge in [0, 0.05) is 31.5 Å². The van der Waals surface area contributed by atoms with Crippen molar-refractivity contribution in [2.75, 3.05) is 5.43 Å². The molecule has 0 amide bonds. The summed E-state index contributed by atoms with van der Waals surface area (Å²) < 4.78 is 28.8. The molecule has 114 valence electrons. The van der Waals surface area contributed by atoms with Crippen molar-refractivity contribution in [1.82, 2.24) is 19.5 Å². The third kappa shape index (κ3) is 3.38.